The molecular formula is C19H24N2O5. The summed E-state index contributed by atoms with van der Waals surface area (Å²) in [5.74, 6) is -1.84. The van der Waals surface area contributed by atoms with Gasteiger partial charge in [-0.3, -0.25) is 14.4 Å². The van der Waals surface area contributed by atoms with Gasteiger partial charge in [0.05, 0.1) is 5.56 Å². The van der Waals surface area contributed by atoms with Gasteiger partial charge in [0, 0.05) is 18.5 Å². The van der Waals surface area contributed by atoms with Gasteiger partial charge in [-0.25, -0.2) is 0 Å². The first-order chi connectivity index (χ1) is 12.0. The van der Waals surface area contributed by atoms with E-state index in [1.165, 1.54) is 11.0 Å². The van der Waals surface area contributed by atoms with Gasteiger partial charge in [0.15, 0.2) is 0 Å². The zero-order chi connectivity index (χ0) is 19.6. The van der Waals surface area contributed by atoms with Crippen LogP contribution in [-0.4, -0.2) is 39.4 Å². The van der Waals surface area contributed by atoms with E-state index in [1.54, 1.807) is 32.9 Å². The van der Waals surface area contributed by atoms with E-state index >= 15 is 0 Å². The summed E-state index contributed by atoms with van der Waals surface area (Å²) in [6.07, 6.45) is 1.45. The molecule has 2 amide bonds. The van der Waals surface area contributed by atoms with Crippen LogP contribution in [0, 0.1) is 0 Å². The van der Waals surface area contributed by atoms with Gasteiger partial charge in [0.1, 0.15) is 17.4 Å². The topological polar surface area (TPSA) is 110 Å². The highest BCUT2D eigenvalue weighted by molar-refractivity contribution is 6.04. The van der Waals surface area contributed by atoms with Crippen LogP contribution in [0.3, 0.4) is 0 Å². The molecule has 1 aromatic carbocycles. The minimum atomic E-state index is -0.964. The van der Waals surface area contributed by atoms with Crippen molar-refractivity contribution in [2.24, 2.45) is 5.73 Å². The minimum Gasteiger partial charge on any atom is -0.506 e. The molecule has 0 saturated heterocycles. The first-order valence-electron chi connectivity index (χ1n) is 8.34. The smallest absolute Gasteiger partial charge is 0.306 e. The minimum absolute atomic E-state index is 0.0467. The van der Waals surface area contributed by atoms with Gasteiger partial charge in [-0.05, 0) is 32.8 Å². The van der Waals surface area contributed by atoms with Crippen LogP contribution in [0.5, 0.6) is 5.75 Å². The Labute approximate surface area is 152 Å². The van der Waals surface area contributed by atoms with Crippen LogP contribution in [0.4, 0.5) is 0 Å². The van der Waals surface area contributed by atoms with Crippen LogP contribution in [0.15, 0.2) is 18.7 Å². The summed E-state index contributed by atoms with van der Waals surface area (Å²) in [5, 5.41) is 10.3. The van der Waals surface area contributed by atoms with Crippen LogP contribution >= 0.6 is 0 Å². The largest absolute Gasteiger partial charge is 0.506 e. The second-order valence-electron chi connectivity index (χ2n) is 7.22. The van der Waals surface area contributed by atoms with Crippen LogP contribution < -0.4 is 5.73 Å². The molecule has 1 aromatic rings. The number of phenols is 1. The van der Waals surface area contributed by atoms with Crippen LogP contribution in [0.2, 0.25) is 0 Å². The van der Waals surface area contributed by atoms with E-state index in [0.29, 0.717) is 11.1 Å². The predicted molar refractivity (Wildman–Crippen MR) is 96.1 cm³/mol. The van der Waals surface area contributed by atoms with E-state index in [4.69, 9.17) is 10.5 Å². The first-order valence-corrected chi connectivity index (χ1v) is 8.34. The van der Waals surface area contributed by atoms with E-state index in [1.807, 2.05) is 0 Å². The molecule has 3 N–H and O–H groups in total. The maximum atomic E-state index is 12.7. The molecule has 0 fully saturated rings. The summed E-state index contributed by atoms with van der Waals surface area (Å²) in [6.45, 7) is 8.97. The summed E-state index contributed by atoms with van der Waals surface area (Å²) >= 11 is 0. The SMILES string of the molecule is C=Cc1ccc2c(c1O)C(=O)N(C(CCC(=O)OC(C)(C)C)C(N)=O)C2. The summed E-state index contributed by atoms with van der Waals surface area (Å²) < 4.78 is 5.22. The number of carbonyl (C=O) groups is 3. The van der Waals surface area contributed by atoms with Crippen molar-refractivity contribution in [1.82, 2.24) is 4.90 Å². The Morgan fingerprint density at radius 3 is 2.62 bits per heavy atom. The molecule has 0 spiro atoms. The quantitative estimate of drug-likeness (QED) is 0.754. The lowest BCUT2D eigenvalue weighted by molar-refractivity contribution is -0.155. The highest BCUT2D eigenvalue weighted by atomic mass is 16.6. The fraction of sp³-hybridized carbons (Fsp3) is 0.421. The molecule has 1 unspecified atom stereocenters. The average molecular weight is 360 g/mol. The maximum absolute atomic E-state index is 12.7. The van der Waals surface area contributed by atoms with Crippen LogP contribution in [0.25, 0.3) is 6.08 Å². The molecule has 7 nitrogen and oxygen atoms in total. The second-order valence-corrected chi connectivity index (χ2v) is 7.22. The molecule has 0 aliphatic carbocycles. The zero-order valence-electron chi connectivity index (χ0n) is 15.2. The highest BCUT2D eigenvalue weighted by Gasteiger charge is 2.38. The number of carbonyl (C=O) groups excluding carboxylic acids is 3. The van der Waals surface area contributed by atoms with Gasteiger partial charge < -0.3 is 20.5 Å². The van der Waals surface area contributed by atoms with Gasteiger partial charge in [-0.1, -0.05) is 24.8 Å². The number of fused-ring (bicyclic) bond motifs is 1. The Morgan fingerprint density at radius 2 is 2.08 bits per heavy atom. The number of nitrogens with two attached hydrogens (primary N) is 1. The van der Waals surface area contributed by atoms with Crippen molar-refractivity contribution in [2.75, 3.05) is 0 Å². The Morgan fingerprint density at radius 1 is 1.42 bits per heavy atom. The van der Waals surface area contributed by atoms with Crippen LogP contribution in [-0.2, 0) is 20.9 Å². The molecule has 7 heteroatoms. The molecule has 0 radical (unpaired) electrons. The fourth-order valence-corrected chi connectivity index (χ4v) is 2.93. The Balaban J connectivity index is 2.18. The van der Waals surface area contributed by atoms with Gasteiger partial charge >= 0.3 is 5.97 Å². The summed E-state index contributed by atoms with van der Waals surface area (Å²) in [5.41, 5.74) is 6.00. The summed E-state index contributed by atoms with van der Waals surface area (Å²) in [7, 11) is 0. The average Bonchev–Trinajstić information content (AvgIpc) is 2.83. The highest BCUT2D eigenvalue weighted by Crippen LogP contribution is 2.35. The maximum Gasteiger partial charge on any atom is 0.306 e. The van der Waals surface area contributed by atoms with Crippen molar-refractivity contribution in [2.45, 2.75) is 51.8 Å². The molecule has 2 rings (SSSR count). The molecule has 0 bridgehead atoms. The third-order valence-electron chi connectivity index (χ3n) is 4.08. The number of nitrogens with zero attached hydrogens (tertiary/aromatic N) is 1. The Kier molecular flexibility index (Phi) is 5.39. The molecule has 1 heterocycles. The van der Waals surface area contributed by atoms with Crippen molar-refractivity contribution < 1.29 is 24.2 Å². The van der Waals surface area contributed by atoms with Gasteiger partial charge in [0.2, 0.25) is 5.91 Å². The number of phenolic OH excluding ortho intramolecular Hbond substituents is 1. The standard InChI is InChI=1S/C19H24N2O5/c1-5-11-6-7-12-10-21(18(25)15(12)16(11)23)13(17(20)24)8-9-14(22)26-19(2,3)4/h5-7,13,23H,1,8-10H2,2-4H3,(H2,20,24). The van der Waals surface area contributed by atoms with Crippen molar-refractivity contribution in [3.05, 3.63) is 35.4 Å². The molecule has 0 aromatic heterocycles. The number of ether oxygens (including phenoxy) is 1. The van der Waals surface area contributed by atoms with E-state index in [9.17, 15) is 19.5 Å². The molecule has 1 atom stereocenters. The molecule has 1 aliphatic heterocycles. The molecule has 26 heavy (non-hydrogen) atoms. The molecule has 1 aliphatic rings. The second kappa shape index (κ2) is 7.19. The number of benzene rings is 1. The van der Waals surface area contributed by atoms with E-state index < -0.39 is 29.4 Å². The summed E-state index contributed by atoms with van der Waals surface area (Å²) in [6, 6.07) is 2.39. The number of esters is 1. The van der Waals surface area contributed by atoms with Crippen molar-refractivity contribution in [1.29, 1.82) is 0 Å². The van der Waals surface area contributed by atoms with Crippen molar-refractivity contribution in [3.63, 3.8) is 0 Å². The normalized spacial score (nSPS) is 14.7. The number of hydrogen-bond acceptors (Lipinski definition) is 5. The van der Waals surface area contributed by atoms with Crippen molar-refractivity contribution >= 4 is 23.9 Å². The van der Waals surface area contributed by atoms with E-state index in [2.05, 4.69) is 6.58 Å². The first kappa shape index (κ1) is 19.5. The monoisotopic (exact) mass is 360 g/mol. The Hall–Kier alpha value is -2.83. The molecule has 0 saturated carbocycles. The number of primary amides is 1. The summed E-state index contributed by atoms with van der Waals surface area (Å²) in [4.78, 5) is 37.8. The lowest BCUT2D eigenvalue weighted by atomic mass is 10.0. The number of aromatic hydroxyl groups is 1. The molecule has 140 valence electrons. The van der Waals surface area contributed by atoms with Gasteiger partial charge in [-0.15, -0.1) is 0 Å². The predicted octanol–water partition coefficient (Wildman–Crippen LogP) is 1.97. The Bertz CT molecular complexity index is 764. The van der Waals surface area contributed by atoms with Gasteiger partial charge in [0.25, 0.3) is 5.91 Å². The number of hydrogen-bond donors (Lipinski definition) is 2. The van der Waals surface area contributed by atoms with E-state index in [-0.39, 0.29) is 30.7 Å². The van der Waals surface area contributed by atoms with Crippen LogP contribution in [0.1, 0.15) is 55.1 Å². The lowest BCUT2D eigenvalue weighted by Crippen LogP contribution is -2.45. The van der Waals surface area contributed by atoms with Gasteiger partial charge in [-0.2, -0.15) is 0 Å². The lowest BCUT2D eigenvalue weighted by Gasteiger charge is -2.25. The molecular weight excluding hydrogens is 336 g/mol. The number of rotatable bonds is 6. The van der Waals surface area contributed by atoms with Crippen molar-refractivity contribution in [3.8, 4) is 5.75 Å². The third kappa shape index (κ3) is 4.04. The third-order valence-corrected chi connectivity index (χ3v) is 4.08. The number of amides is 2. The fourth-order valence-electron chi connectivity index (χ4n) is 2.93. The zero-order valence-corrected chi connectivity index (χ0v) is 15.2. The van der Waals surface area contributed by atoms with E-state index in [0.717, 1.165) is 0 Å².